The Labute approximate surface area is 166 Å². The van der Waals surface area contributed by atoms with Crippen molar-refractivity contribution in [3.05, 3.63) is 58.2 Å². The number of carbonyl (C=O) groups excluding carboxylic acids is 2. The van der Waals surface area contributed by atoms with Gasteiger partial charge in [-0.3, -0.25) is 4.79 Å². The van der Waals surface area contributed by atoms with Crippen molar-refractivity contribution in [2.24, 2.45) is 4.99 Å². The summed E-state index contributed by atoms with van der Waals surface area (Å²) >= 11 is 6.18. The Morgan fingerprint density at radius 3 is 2.64 bits per heavy atom. The van der Waals surface area contributed by atoms with Crippen LogP contribution in [0.5, 0.6) is 17.2 Å². The van der Waals surface area contributed by atoms with Gasteiger partial charge in [0.1, 0.15) is 5.75 Å². The molecule has 0 aromatic heterocycles. The van der Waals surface area contributed by atoms with Crippen LogP contribution < -0.4 is 14.2 Å². The lowest BCUT2D eigenvalue weighted by atomic mass is 10.1. The normalized spacial score (nSPS) is 14.5. The highest BCUT2D eigenvalue weighted by atomic mass is 35.5. The molecule has 1 aliphatic rings. The summed E-state index contributed by atoms with van der Waals surface area (Å²) in [6.07, 6.45) is 1.50. The SMILES string of the molecule is COc1cccc(C2=N/C(=C/c3cc(Cl)c(OC(C)=O)c(OC)c3)C(=O)O2)c1. The summed E-state index contributed by atoms with van der Waals surface area (Å²) in [7, 11) is 2.96. The first-order valence-corrected chi connectivity index (χ1v) is 8.52. The van der Waals surface area contributed by atoms with Crippen molar-refractivity contribution < 1.29 is 28.5 Å². The Bertz CT molecular complexity index is 1010. The molecule has 1 aliphatic heterocycles. The molecule has 0 saturated heterocycles. The fourth-order valence-electron chi connectivity index (χ4n) is 2.51. The van der Waals surface area contributed by atoms with Gasteiger partial charge >= 0.3 is 11.9 Å². The van der Waals surface area contributed by atoms with Crippen LogP contribution in [0.2, 0.25) is 5.02 Å². The second kappa shape index (κ2) is 8.14. The van der Waals surface area contributed by atoms with Gasteiger partial charge < -0.3 is 18.9 Å². The zero-order valence-corrected chi connectivity index (χ0v) is 16.1. The van der Waals surface area contributed by atoms with E-state index >= 15 is 0 Å². The zero-order chi connectivity index (χ0) is 20.3. The molecule has 0 aliphatic carbocycles. The van der Waals surface area contributed by atoms with Crippen molar-refractivity contribution in [1.29, 1.82) is 0 Å². The van der Waals surface area contributed by atoms with E-state index in [0.29, 0.717) is 16.9 Å². The fourth-order valence-corrected chi connectivity index (χ4v) is 2.77. The van der Waals surface area contributed by atoms with Gasteiger partial charge in [0, 0.05) is 12.5 Å². The molecule has 3 rings (SSSR count). The van der Waals surface area contributed by atoms with Crippen molar-refractivity contribution >= 4 is 35.5 Å². The average Bonchev–Trinajstić information content (AvgIpc) is 3.04. The summed E-state index contributed by atoms with van der Waals surface area (Å²) in [5, 5.41) is 0.157. The monoisotopic (exact) mass is 401 g/mol. The minimum atomic E-state index is -0.600. The average molecular weight is 402 g/mol. The number of aliphatic imine (C=N–C) groups is 1. The molecule has 28 heavy (non-hydrogen) atoms. The second-order valence-corrected chi connectivity index (χ2v) is 6.10. The Morgan fingerprint density at radius 1 is 1.18 bits per heavy atom. The predicted molar refractivity (Wildman–Crippen MR) is 103 cm³/mol. The highest BCUT2D eigenvalue weighted by Gasteiger charge is 2.25. The van der Waals surface area contributed by atoms with E-state index in [2.05, 4.69) is 4.99 Å². The summed E-state index contributed by atoms with van der Waals surface area (Å²) in [5.74, 6) is 0.0116. The van der Waals surface area contributed by atoms with Gasteiger partial charge in [-0.1, -0.05) is 17.7 Å². The van der Waals surface area contributed by atoms with Gasteiger partial charge in [0.05, 0.1) is 19.2 Å². The summed E-state index contributed by atoms with van der Waals surface area (Å²) in [4.78, 5) is 27.7. The van der Waals surface area contributed by atoms with Crippen LogP contribution in [0.15, 0.2) is 47.1 Å². The van der Waals surface area contributed by atoms with E-state index in [1.54, 1.807) is 37.4 Å². The molecule has 0 fully saturated rings. The smallest absolute Gasteiger partial charge is 0.363 e. The largest absolute Gasteiger partial charge is 0.497 e. The van der Waals surface area contributed by atoms with Crippen LogP contribution >= 0.6 is 11.6 Å². The Balaban J connectivity index is 1.96. The number of esters is 2. The third-order valence-electron chi connectivity index (χ3n) is 3.74. The standard InChI is InChI=1S/C20H16ClNO6/c1-11(23)27-18-15(21)7-12(9-17(18)26-3)8-16-20(24)28-19(22-16)13-5-4-6-14(10-13)25-2/h4-10H,1-3H3/b16-8+. The van der Waals surface area contributed by atoms with E-state index < -0.39 is 11.9 Å². The number of hydrogen-bond donors (Lipinski definition) is 0. The molecule has 0 atom stereocenters. The number of methoxy groups -OCH3 is 2. The van der Waals surface area contributed by atoms with Gasteiger partial charge in [0.25, 0.3) is 0 Å². The summed E-state index contributed by atoms with van der Waals surface area (Å²) < 4.78 is 20.7. The number of nitrogens with zero attached hydrogens (tertiary/aromatic N) is 1. The Kier molecular flexibility index (Phi) is 5.65. The predicted octanol–water partition coefficient (Wildman–Crippen LogP) is 3.63. The number of ether oxygens (including phenoxy) is 4. The molecule has 0 radical (unpaired) electrons. The van der Waals surface area contributed by atoms with Crippen LogP contribution in [0.3, 0.4) is 0 Å². The molecule has 0 N–H and O–H groups in total. The lowest BCUT2D eigenvalue weighted by Crippen LogP contribution is -2.05. The quantitative estimate of drug-likeness (QED) is 0.432. The van der Waals surface area contributed by atoms with Gasteiger partial charge in [-0.15, -0.1) is 0 Å². The molecule has 0 spiro atoms. The van der Waals surface area contributed by atoms with E-state index in [-0.39, 0.29) is 28.1 Å². The first kappa shape index (κ1) is 19.4. The van der Waals surface area contributed by atoms with Crippen LogP contribution in [0.1, 0.15) is 18.1 Å². The van der Waals surface area contributed by atoms with Crippen molar-refractivity contribution in [3.8, 4) is 17.2 Å². The Hall–Kier alpha value is -3.32. The van der Waals surface area contributed by atoms with Crippen molar-refractivity contribution in [1.82, 2.24) is 0 Å². The maximum Gasteiger partial charge on any atom is 0.363 e. The van der Waals surface area contributed by atoms with E-state index in [1.165, 1.54) is 26.2 Å². The topological polar surface area (TPSA) is 83.4 Å². The van der Waals surface area contributed by atoms with Gasteiger partial charge in [0.2, 0.25) is 5.90 Å². The van der Waals surface area contributed by atoms with E-state index in [4.69, 9.17) is 30.5 Å². The number of carbonyl (C=O) groups is 2. The molecule has 0 amide bonds. The summed E-state index contributed by atoms with van der Waals surface area (Å²) in [6.45, 7) is 1.26. The van der Waals surface area contributed by atoms with E-state index in [0.717, 1.165) is 0 Å². The number of benzene rings is 2. The van der Waals surface area contributed by atoms with Crippen molar-refractivity contribution in [2.45, 2.75) is 6.92 Å². The molecule has 7 nitrogen and oxygen atoms in total. The molecule has 0 saturated carbocycles. The number of rotatable bonds is 5. The first-order chi connectivity index (χ1) is 13.4. The van der Waals surface area contributed by atoms with Gasteiger partial charge in [-0.2, -0.15) is 0 Å². The molecule has 2 aromatic rings. The van der Waals surface area contributed by atoms with Crippen molar-refractivity contribution in [2.75, 3.05) is 14.2 Å². The van der Waals surface area contributed by atoms with Crippen LogP contribution in [-0.2, 0) is 14.3 Å². The first-order valence-electron chi connectivity index (χ1n) is 8.14. The molecule has 8 heteroatoms. The minimum absolute atomic E-state index is 0.0937. The lowest BCUT2D eigenvalue weighted by molar-refractivity contribution is -0.132. The van der Waals surface area contributed by atoms with Crippen LogP contribution in [0.25, 0.3) is 6.08 Å². The molecule has 144 valence electrons. The van der Waals surface area contributed by atoms with Gasteiger partial charge in [-0.25, -0.2) is 9.79 Å². The third-order valence-corrected chi connectivity index (χ3v) is 4.02. The fraction of sp³-hybridized carbons (Fsp3) is 0.150. The number of cyclic esters (lactones) is 1. The highest BCUT2D eigenvalue weighted by Crippen LogP contribution is 2.37. The maximum atomic E-state index is 12.2. The zero-order valence-electron chi connectivity index (χ0n) is 15.3. The van der Waals surface area contributed by atoms with Gasteiger partial charge in [-0.05, 0) is 42.0 Å². The molecular weight excluding hydrogens is 386 g/mol. The molecule has 0 bridgehead atoms. The molecule has 0 unspecified atom stereocenters. The number of halogens is 1. The van der Waals surface area contributed by atoms with Crippen LogP contribution in [0.4, 0.5) is 0 Å². The minimum Gasteiger partial charge on any atom is -0.497 e. The summed E-state index contributed by atoms with van der Waals surface area (Å²) in [5.41, 5.74) is 1.23. The second-order valence-electron chi connectivity index (χ2n) is 5.70. The van der Waals surface area contributed by atoms with Crippen LogP contribution in [-0.4, -0.2) is 32.1 Å². The van der Waals surface area contributed by atoms with Crippen LogP contribution in [0, 0.1) is 0 Å². The summed E-state index contributed by atoms with van der Waals surface area (Å²) in [6, 6.07) is 10.1. The number of hydrogen-bond acceptors (Lipinski definition) is 7. The third kappa shape index (κ3) is 4.15. The van der Waals surface area contributed by atoms with Crippen molar-refractivity contribution in [3.63, 3.8) is 0 Å². The molecule has 2 aromatic carbocycles. The maximum absolute atomic E-state index is 12.2. The van der Waals surface area contributed by atoms with E-state index in [9.17, 15) is 9.59 Å². The van der Waals surface area contributed by atoms with E-state index in [1.807, 2.05) is 0 Å². The Morgan fingerprint density at radius 2 is 1.96 bits per heavy atom. The highest BCUT2D eigenvalue weighted by molar-refractivity contribution is 6.32. The molecule has 1 heterocycles. The molecular formula is C20H16ClNO6. The lowest BCUT2D eigenvalue weighted by Gasteiger charge is -2.10. The van der Waals surface area contributed by atoms with Gasteiger partial charge in [0.15, 0.2) is 17.2 Å².